The summed E-state index contributed by atoms with van der Waals surface area (Å²) in [6.07, 6.45) is 26.9. The molecule has 0 fully saturated rings. The average Bonchev–Trinajstić information content (AvgIpc) is 3.91. The molecular formula is C68H57NO2S. The van der Waals surface area contributed by atoms with Crippen LogP contribution in [0.5, 0.6) is 0 Å². The van der Waals surface area contributed by atoms with Gasteiger partial charge in [-0.15, -0.1) is 11.3 Å². The molecule has 0 aliphatic heterocycles. The first-order chi connectivity index (χ1) is 35.4. The minimum Gasteiger partial charge on any atom is -0.477 e. The summed E-state index contributed by atoms with van der Waals surface area (Å²) in [4.78, 5) is 13.2. The monoisotopic (exact) mass is 951 g/mol. The Bertz CT molecular complexity index is 3200. The molecule has 0 saturated heterocycles. The van der Waals surface area contributed by atoms with E-state index in [4.69, 9.17) is 0 Å². The standard InChI is InChI=1S/C68H57NO2S/c1-3-5-7-9-23-47-67(48-24-10-8-6-4-2,57-25-15-11-16-26-57)58-41-37-53(38-42-58)64(49-52-33-35-55(36-34-52)65-46-45-63(72-65)50-56(51-69)66(70)71)54-39-43-62(44-40-54)68(59-27-17-12-18-28-59,60-29-19-13-20-30-60)61-31-21-14-22-32-61/h3,5-47,49-50H,4,48H2,1-2H3,(H,70,71)/b5-3-,8-6-,9-7-,24-10-,47-23+,56-50-,64-49+. The lowest BCUT2D eigenvalue weighted by atomic mass is 9.65. The Kier molecular flexibility index (Phi) is 16.8. The van der Waals surface area contributed by atoms with Crippen LogP contribution in [0.25, 0.3) is 28.2 Å². The normalized spacial score (nSPS) is 13.3. The third-order valence-corrected chi connectivity index (χ3v) is 14.1. The van der Waals surface area contributed by atoms with E-state index >= 15 is 0 Å². The first kappa shape index (κ1) is 49.8. The van der Waals surface area contributed by atoms with Crippen molar-refractivity contribution in [2.45, 2.75) is 37.5 Å². The summed E-state index contributed by atoms with van der Waals surface area (Å²) in [6, 6.07) is 75.5. The van der Waals surface area contributed by atoms with Crippen molar-refractivity contribution in [3.63, 3.8) is 0 Å². The molecular weight excluding hydrogens is 895 g/mol. The van der Waals surface area contributed by atoms with Gasteiger partial charge in [-0.05, 0) is 105 Å². The largest absolute Gasteiger partial charge is 0.477 e. The number of thiophene rings is 1. The summed E-state index contributed by atoms with van der Waals surface area (Å²) >= 11 is 1.45. The SMILES string of the molecule is C\C=C/C=C\C=C\C(C/C=C\C=C/CC)(c1ccccc1)c1ccc(/C(=C\c2ccc(-c3ccc(/C=C(/C#N)C(=O)O)s3)cc2)c2ccc(C(c3ccccc3)(c3ccccc3)c3ccccc3)cc2)cc1. The number of carboxylic acids is 1. The van der Waals surface area contributed by atoms with Crippen molar-refractivity contribution in [1.82, 2.24) is 0 Å². The second-order valence-corrected chi connectivity index (χ2v) is 18.6. The van der Waals surface area contributed by atoms with Crippen molar-refractivity contribution in [3.05, 3.63) is 328 Å². The molecule has 1 unspecified atom stereocenters. The summed E-state index contributed by atoms with van der Waals surface area (Å²) in [6.45, 7) is 4.18. The molecule has 1 aromatic heterocycles. The number of carboxylic acid groups (broad SMARTS) is 1. The lowest BCUT2D eigenvalue weighted by Gasteiger charge is -2.37. The molecule has 3 nitrogen and oxygen atoms in total. The number of aliphatic carboxylic acids is 1. The summed E-state index contributed by atoms with van der Waals surface area (Å²) in [5.41, 5.74) is 11.1. The Morgan fingerprint density at radius 3 is 1.54 bits per heavy atom. The van der Waals surface area contributed by atoms with Crippen LogP contribution in [0.15, 0.2) is 273 Å². The van der Waals surface area contributed by atoms with Crippen molar-refractivity contribution >= 4 is 35.0 Å². The third kappa shape index (κ3) is 11.4. The number of rotatable bonds is 19. The van der Waals surface area contributed by atoms with Gasteiger partial charge < -0.3 is 5.11 Å². The van der Waals surface area contributed by atoms with Crippen LogP contribution in [0.1, 0.15) is 81.6 Å². The maximum Gasteiger partial charge on any atom is 0.346 e. The third-order valence-electron chi connectivity index (χ3n) is 13.0. The molecule has 0 aliphatic rings. The molecule has 0 radical (unpaired) electrons. The average molecular weight is 952 g/mol. The number of allylic oxidation sites excluding steroid dienone is 10. The second-order valence-electron chi connectivity index (χ2n) is 17.4. The molecule has 0 spiro atoms. The van der Waals surface area contributed by atoms with E-state index in [-0.39, 0.29) is 5.57 Å². The predicted molar refractivity (Wildman–Crippen MR) is 303 cm³/mol. The fourth-order valence-corrected chi connectivity index (χ4v) is 10.4. The van der Waals surface area contributed by atoms with E-state index < -0.39 is 16.8 Å². The van der Waals surface area contributed by atoms with Gasteiger partial charge in [-0.2, -0.15) is 5.26 Å². The molecule has 8 aromatic rings. The van der Waals surface area contributed by atoms with Gasteiger partial charge in [0.05, 0.1) is 5.41 Å². The van der Waals surface area contributed by atoms with Gasteiger partial charge in [0, 0.05) is 15.2 Å². The van der Waals surface area contributed by atoms with Gasteiger partial charge in [-0.3, -0.25) is 0 Å². The molecule has 4 heteroatoms. The topological polar surface area (TPSA) is 61.1 Å². The fourth-order valence-electron chi connectivity index (χ4n) is 9.43. The number of hydrogen-bond acceptors (Lipinski definition) is 3. The molecule has 0 saturated carbocycles. The van der Waals surface area contributed by atoms with Crippen molar-refractivity contribution in [2.75, 3.05) is 0 Å². The number of carbonyl (C=O) groups is 1. The Morgan fingerprint density at radius 1 is 0.542 bits per heavy atom. The van der Waals surface area contributed by atoms with Crippen molar-refractivity contribution in [1.29, 1.82) is 5.26 Å². The summed E-state index contributed by atoms with van der Waals surface area (Å²) in [5, 5.41) is 18.8. The lowest BCUT2D eigenvalue weighted by Crippen LogP contribution is -2.30. The molecule has 8 rings (SSSR count). The zero-order chi connectivity index (χ0) is 50.0. The van der Waals surface area contributed by atoms with Crippen LogP contribution in [-0.2, 0) is 15.6 Å². The predicted octanol–water partition coefficient (Wildman–Crippen LogP) is 17.3. The van der Waals surface area contributed by atoms with Crippen LogP contribution in [0.3, 0.4) is 0 Å². The number of hydrogen-bond donors (Lipinski definition) is 1. The van der Waals surface area contributed by atoms with Crippen LogP contribution >= 0.6 is 11.3 Å². The van der Waals surface area contributed by atoms with Gasteiger partial charge in [0.2, 0.25) is 0 Å². The van der Waals surface area contributed by atoms with Gasteiger partial charge in [0.1, 0.15) is 11.6 Å². The molecule has 0 aliphatic carbocycles. The Labute approximate surface area is 429 Å². The fraction of sp³-hybridized carbons (Fsp3) is 0.0882. The molecule has 1 N–H and O–H groups in total. The second kappa shape index (κ2) is 24.3. The number of benzene rings is 7. The van der Waals surface area contributed by atoms with E-state index in [1.165, 1.54) is 45.2 Å². The van der Waals surface area contributed by atoms with Crippen LogP contribution in [0.2, 0.25) is 0 Å². The quantitative estimate of drug-likeness (QED) is 0.0289. The van der Waals surface area contributed by atoms with E-state index in [0.29, 0.717) is 4.88 Å². The summed E-state index contributed by atoms with van der Waals surface area (Å²) in [5.74, 6) is -1.24. The first-order valence-corrected chi connectivity index (χ1v) is 25.2. The highest BCUT2D eigenvalue weighted by Crippen LogP contribution is 2.46. The highest BCUT2D eigenvalue weighted by atomic mass is 32.1. The van der Waals surface area contributed by atoms with Gasteiger partial charge in [0.25, 0.3) is 0 Å². The summed E-state index contributed by atoms with van der Waals surface area (Å²) in [7, 11) is 0. The van der Waals surface area contributed by atoms with Crippen molar-refractivity contribution in [2.24, 2.45) is 0 Å². The zero-order valence-corrected chi connectivity index (χ0v) is 41.5. The smallest absolute Gasteiger partial charge is 0.346 e. The highest BCUT2D eigenvalue weighted by molar-refractivity contribution is 7.16. The lowest BCUT2D eigenvalue weighted by molar-refractivity contribution is -0.132. The van der Waals surface area contributed by atoms with E-state index in [1.54, 1.807) is 6.07 Å². The Hall–Kier alpha value is -8.62. The molecule has 0 bridgehead atoms. The van der Waals surface area contributed by atoms with Crippen molar-refractivity contribution < 1.29 is 9.90 Å². The molecule has 72 heavy (non-hydrogen) atoms. The Morgan fingerprint density at radius 2 is 1.03 bits per heavy atom. The van der Waals surface area contributed by atoms with Gasteiger partial charge >= 0.3 is 5.97 Å². The maximum absolute atomic E-state index is 11.5. The minimum atomic E-state index is -1.24. The Balaban J connectivity index is 1.27. The van der Waals surface area contributed by atoms with Crippen LogP contribution in [0.4, 0.5) is 0 Å². The van der Waals surface area contributed by atoms with E-state index in [1.807, 2.05) is 31.2 Å². The van der Waals surface area contributed by atoms with Gasteiger partial charge in [-0.25, -0.2) is 4.79 Å². The zero-order valence-electron chi connectivity index (χ0n) is 40.7. The van der Waals surface area contributed by atoms with Gasteiger partial charge in [0.15, 0.2) is 0 Å². The number of nitriles is 1. The van der Waals surface area contributed by atoms with Crippen LogP contribution in [-0.4, -0.2) is 11.1 Å². The maximum atomic E-state index is 11.5. The molecule has 1 heterocycles. The minimum absolute atomic E-state index is 0.292. The summed E-state index contributed by atoms with van der Waals surface area (Å²) < 4.78 is 0. The number of nitrogens with zero attached hydrogens (tertiary/aromatic N) is 1. The highest BCUT2D eigenvalue weighted by Gasteiger charge is 2.38. The first-order valence-electron chi connectivity index (χ1n) is 24.4. The molecule has 7 aromatic carbocycles. The van der Waals surface area contributed by atoms with E-state index in [9.17, 15) is 15.2 Å². The van der Waals surface area contributed by atoms with Crippen molar-refractivity contribution in [3.8, 4) is 16.5 Å². The van der Waals surface area contributed by atoms with Gasteiger partial charge in [-0.1, -0.05) is 262 Å². The van der Waals surface area contributed by atoms with Crippen LogP contribution < -0.4 is 0 Å². The molecule has 352 valence electrons. The van der Waals surface area contributed by atoms with E-state index in [2.05, 4.69) is 256 Å². The molecule has 0 amide bonds. The van der Waals surface area contributed by atoms with Crippen LogP contribution in [0, 0.1) is 11.3 Å². The molecule has 1 atom stereocenters. The van der Waals surface area contributed by atoms with E-state index in [0.717, 1.165) is 51.1 Å².